The second-order valence-corrected chi connectivity index (χ2v) is 4.36. The van der Waals surface area contributed by atoms with Crippen LogP contribution in [0.2, 0.25) is 0 Å². The zero-order valence-corrected chi connectivity index (χ0v) is 10.8. The molecule has 1 aromatic carbocycles. The quantitative estimate of drug-likeness (QED) is 0.879. The molecule has 0 aliphatic carbocycles. The molecule has 0 spiro atoms. The van der Waals surface area contributed by atoms with Gasteiger partial charge in [-0.15, -0.1) is 0 Å². The Morgan fingerprint density at radius 3 is 2.61 bits per heavy atom. The minimum atomic E-state index is -0.188. The van der Waals surface area contributed by atoms with E-state index in [2.05, 4.69) is 11.9 Å². The van der Waals surface area contributed by atoms with Crippen LogP contribution in [0, 0.1) is 0 Å². The summed E-state index contributed by atoms with van der Waals surface area (Å²) in [4.78, 5) is 4.27. The van der Waals surface area contributed by atoms with Gasteiger partial charge in [0.25, 0.3) is 0 Å². The lowest BCUT2D eigenvalue weighted by Gasteiger charge is -2.10. The summed E-state index contributed by atoms with van der Waals surface area (Å²) < 4.78 is 7.44. The summed E-state index contributed by atoms with van der Waals surface area (Å²) >= 11 is 0. The van der Waals surface area contributed by atoms with Gasteiger partial charge < -0.3 is 15.0 Å². The van der Waals surface area contributed by atoms with E-state index in [0.717, 1.165) is 30.0 Å². The normalized spacial score (nSPS) is 12.4. The van der Waals surface area contributed by atoms with Crippen LogP contribution in [-0.4, -0.2) is 16.2 Å². The minimum Gasteiger partial charge on any atom is -0.494 e. The lowest BCUT2D eigenvalue weighted by molar-refractivity contribution is 0.317. The van der Waals surface area contributed by atoms with Crippen molar-refractivity contribution in [2.45, 2.75) is 19.4 Å². The van der Waals surface area contributed by atoms with Crippen molar-refractivity contribution in [3.63, 3.8) is 0 Å². The molecule has 0 amide bonds. The Labute approximate surface area is 107 Å². The molecule has 2 N–H and O–H groups in total. The fraction of sp³-hybridized carbons (Fsp3) is 0.357. The number of nitrogens with two attached hydrogens (primary N) is 1. The van der Waals surface area contributed by atoms with Crippen LogP contribution in [0.5, 0.6) is 5.75 Å². The predicted octanol–water partition coefficient (Wildman–Crippen LogP) is 2.26. The van der Waals surface area contributed by atoms with E-state index in [0.29, 0.717) is 0 Å². The van der Waals surface area contributed by atoms with E-state index < -0.39 is 0 Å². The van der Waals surface area contributed by atoms with Crippen LogP contribution >= 0.6 is 0 Å². The van der Waals surface area contributed by atoms with Crippen LogP contribution in [0.15, 0.2) is 36.8 Å². The average molecular weight is 245 g/mol. The third-order valence-electron chi connectivity index (χ3n) is 2.76. The molecule has 96 valence electrons. The van der Waals surface area contributed by atoms with E-state index in [1.54, 1.807) is 6.33 Å². The zero-order chi connectivity index (χ0) is 13.0. The van der Waals surface area contributed by atoms with Gasteiger partial charge in [0.15, 0.2) is 0 Å². The molecule has 0 fully saturated rings. The fourth-order valence-electron chi connectivity index (χ4n) is 1.76. The van der Waals surface area contributed by atoms with Gasteiger partial charge in [-0.05, 0) is 24.1 Å². The number of hydrogen-bond donors (Lipinski definition) is 1. The van der Waals surface area contributed by atoms with Crippen LogP contribution in [-0.2, 0) is 7.05 Å². The van der Waals surface area contributed by atoms with Crippen LogP contribution in [0.3, 0.4) is 0 Å². The predicted molar refractivity (Wildman–Crippen MR) is 71.5 cm³/mol. The Morgan fingerprint density at radius 1 is 1.33 bits per heavy atom. The van der Waals surface area contributed by atoms with Gasteiger partial charge in [0.2, 0.25) is 0 Å². The van der Waals surface area contributed by atoms with Crippen molar-refractivity contribution >= 4 is 0 Å². The van der Waals surface area contributed by atoms with Crippen molar-refractivity contribution in [2.24, 2.45) is 12.8 Å². The molecule has 1 heterocycles. The number of imidazole rings is 1. The highest BCUT2D eigenvalue weighted by atomic mass is 16.5. The highest BCUT2D eigenvalue weighted by molar-refractivity contribution is 5.32. The van der Waals surface area contributed by atoms with E-state index in [-0.39, 0.29) is 6.04 Å². The highest BCUT2D eigenvalue weighted by Crippen LogP contribution is 2.20. The van der Waals surface area contributed by atoms with E-state index in [9.17, 15) is 0 Å². The Hall–Kier alpha value is -1.81. The van der Waals surface area contributed by atoms with Crippen molar-refractivity contribution in [1.82, 2.24) is 9.55 Å². The van der Waals surface area contributed by atoms with Crippen molar-refractivity contribution < 1.29 is 4.74 Å². The molecular weight excluding hydrogens is 226 g/mol. The Morgan fingerprint density at radius 2 is 2.06 bits per heavy atom. The van der Waals surface area contributed by atoms with Crippen molar-refractivity contribution in [3.8, 4) is 5.75 Å². The van der Waals surface area contributed by atoms with Crippen LogP contribution in [0.25, 0.3) is 0 Å². The molecule has 0 aliphatic rings. The molecule has 0 aliphatic heterocycles. The Bertz CT molecular complexity index is 490. The Kier molecular flexibility index (Phi) is 3.99. The van der Waals surface area contributed by atoms with E-state index >= 15 is 0 Å². The largest absolute Gasteiger partial charge is 0.494 e. The van der Waals surface area contributed by atoms with E-state index in [1.165, 1.54) is 0 Å². The summed E-state index contributed by atoms with van der Waals surface area (Å²) in [5.41, 5.74) is 8.08. The molecule has 1 atom stereocenters. The molecule has 4 heteroatoms. The summed E-state index contributed by atoms with van der Waals surface area (Å²) in [6.45, 7) is 2.83. The average Bonchev–Trinajstić information content (AvgIpc) is 2.83. The first-order valence-corrected chi connectivity index (χ1v) is 6.17. The Balaban J connectivity index is 2.09. The minimum absolute atomic E-state index is 0.188. The van der Waals surface area contributed by atoms with Crippen molar-refractivity contribution in [2.75, 3.05) is 6.61 Å². The smallest absolute Gasteiger partial charge is 0.119 e. The van der Waals surface area contributed by atoms with Crippen LogP contribution in [0.4, 0.5) is 0 Å². The highest BCUT2D eigenvalue weighted by Gasteiger charge is 2.11. The number of rotatable bonds is 5. The van der Waals surface area contributed by atoms with Gasteiger partial charge in [-0.2, -0.15) is 0 Å². The lowest BCUT2D eigenvalue weighted by atomic mass is 10.1. The van der Waals surface area contributed by atoms with Gasteiger partial charge in [0.1, 0.15) is 5.75 Å². The number of nitrogens with zero attached hydrogens (tertiary/aromatic N) is 2. The van der Waals surface area contributed by atoms with Crippen LogP contribution < -0.4 is 10.5 Å². The van der Waals surface area contributed by atoms with Gasteiger partial charge in [-0.3, -0.25) is 0 Å². The van der Waals surface area contributed by atoms with Crippen LogP contribution in [0.1, 0.15) is 30.6 Å². The number of hydrogen-bond acceptors (Lipinski definition) is 3. The molecule has 1 unspecified atom stereocenters. The molecule has 0 radical (unpaired) electrons. The maximum Gasteiger partial charge on any atom is 0.119 e. The SMILES string of the molecule is CCCOc1ccc(C(N)c2cn(C)cn2)cc1. The van der Waals surface area contributed by atoms with Gasteiger partial charge in [-0.1, -0.05) is 19.1 Å². The maximum absolute atomic E-state index is 6.16. The topological polar surface area (TPSA) is 53.1 Å². The number of aryl methyl sites for hydroxylation is 1. The number of aromatic nitrogens is 2. The van der Waals surface area contributed by atoms with Gasteiger partial charge >= 0.3 is 0 Å². The van der Waals surface area contributed by atoms with E-state index in [1.807, 2.05) is 42.1 Å². The molecule has 2 aromatic rings. The third kappa shape index (κ3) is 2.90. The monoisotopic (exact) mass is 245 g/mol. The maximum atomic E-state index is 6.16. The molecule has 1 aromatic heterocycles. The molecule has 2 rings (SSSR count). The summed E-state index contributed by atoms with van der Waals surface area (Å²) in [5.74, 6) is 0.883. The standard InChI is InChI=1S/C14H19N3O/c1-3-8-18-12-6-4-11(5-7-12)14(15)13-9-17(2)10-16-13/h4-7,9-10,14H,3,8,15H2,1-2H3. The molecule has 0 bridgehead atoms. The second-order valence-electron chi connectivity index (χ2n) is 4.36. The summed E-state index contributed by atoms with van der Waals surface area (Å²) in [6, 6.07) is 7.70. The fourth-order valence-corrected chi connectivity index (χ4v) is 1.76. The van der Waals surface area contributed by atoms with Gasteiger partial charge in [-0.25, -0.2) is 4.98 Å². The molecule has 0 saturated carbocycles. The molecule has 18 heavy (non-hydrogen) atoms. The first-order valence-electron chi connectivity index (χ1n) is 6.17. The second kappa shape index (κ2) is 5.69. The molecule has 0 saturated heterocycles. The molecular formula is C14H19N3O. The lowest BCUT2D eigenvalue weighted by Crippen LogP contribution is -2.12. The van der Waals surface area contributed by atoms with Gasteiger partial charge in [0.05, 0.1) is 24.7 Å². The van der Waals surface area contributed by atoms with Crippen molar-refractivity contribution in [1.29, 1.82) is 0 Å². The summed E-state index contributed by atoms with van der Waals surface area (Å²) in [6.07, 6.45) is 4.70. The van der Waals surface area contributed by atoms with E-state index in [4.69, 9.17) is 10.5 Å². The summed E-state index contributed by atoms with van der Waals surface area (Å²) in [5, 5.41) is 0. The zero-order valence-electron chi connectivity index (χ0n) is 10.8. The third-order valence-corrected chi connectivity index (χ3v) is 2.76. The first kappa shape index (κ1) is 12.6. The van der Waals surface area contributed by atoms with Crippen molar-refractivity contribution in [3.05, 3.63) is 48.0 Å². The van der Waals surface area contributed by atoms with Gasteiger partial charge in [0, 0.05) is 13.2 Å². The molecule has 4 nitrogen and oxygen atoms in total. The number of ether oxygens (including phenoxy) is 1. The first-order chi connectivity index (χ1) is 8.70. The summed E-state index contributed by atoms with van der Waals surface area (Å²) in [7, 11) is 1.94. The number of benzene rings is 1.